The monoisotopic (exact) mass is 314 g/mol. The van der Waals surface area contributed by atoms with Crippen LogP contribution in [0.25, 0.3) is 0 Å². The van der Waals surface area contributed by atoms with E-state index in [2.05, 4.69) is 10.4 Å². The topological polar surface area (TPSA) is 72.9 Å². The van der Waals surface area contributed by atoms with Gasteiger partial charge < -0.3 is 11.1 Å². The minimum Gasteiger partial charge on any atom is -0.349 e. The van der Waals surface area contributed by atoms with Crippen molar-refractivity contribution in [1.82, 2.24) is 15.1 Å². The number of aryl methyl sites for hydroxylation is 2. The molecular weight excluding hydrogens is 288 g/mol. The predicted molar refractivity (Wildman–Crippen MR) is 86.3 cm³/mol. The van der Waals surface area contributed by atoms with E-state index >= 15 is 0 Å². The van der Waals surface area contributed by atoms with Crippen molar-refractivity contribution in [2.75, 3.05) is 0 Å². The maximum atomic E-state index is 12.5. The molecular formula is C15H27ClN4O. The van der Waals surface area contributed by atoms with Crippen molar-refractivity contribution in [2.24, 2.45) is 18.7 Å². The van der Waals surface area contributed by atoms with Crippen LogP contribution in [0.3, 0.4) is 0 Å². The van der Waals surface area contributed by atoms with E-state index in [-0.39, 0.29) is 35.8 Å². The summed E-state index contributed by atoms with van der Waals surface area (Å²) in [4.78, 5) is 12.5. The smallest absolute Gasteiger partial charge is 0.225 e. The minimum atomic E-state index is -0.383. The van der Waals surface area contributed by atoms with Crippen molar-refractivity contribution in [3.8, 4) is 0 Å². The fraction of sp³-hybridized carbons (Fsp3) is 0.733. The largest absolute Gasteiger partial charge is 0.349 e. The number of hydrogen-bond donors (Lipinski definition) is 2. The summed E-state index contributed by atoms with van der Waals surface area (Å²) >= 11 is 0. The molecule has 3 N–H and O–H groups in total. The van der Waals surface area contributed by atoms with Crippen molar-refractivity contribution in [3.63, 3.8) is 0 Å². The molecule has 1 aliphatic rings. The summed E-state index contributed by atoms with van der Waals surface area (Å²) in [6.45, 7) is 5.96. The molecule has 2 rings (SSSR count). The zero-order valence-electron chi connectivity index (χ0n) is 13.3. The Labute approximate surface area is 133 Å². The molecule has 0 aliphatic heterocycles. The van der Waals surface area contributed by atoms with E-state index in [1.54, 1.807) is 4.68 Å². The molecule has 1 aromatic heterocycles. The molecule has 0 radical (unpaired) electrons. The molecule has 1 heterocycles. The van der Waals surface area contributed by atoms with Crippen LogP contribution in [0, 0.1) is 12.8 Å². The van der Waals surface area contributed by atoms with Crippen LogP contribution in [0.1, 0.15) is 56.8 Å². The molecule has 0 aromatic carbocycles. The number of nitrogens with one attached hydrogen (secondary N) is 1. The first kappa shape index (κ1) is 18.0. The van der Waals surface area contributed by atoms with Crippen LogP contribution in [-0.4, -0.2) is 21.2 Å². The quantitative estimate of drug-likeness (QED) is 0.898. The molecule has 1 amide bonds. The van der Waals surface area contributed by atoms with Gasteiger partial charge in [-0.05, 0) is 33.6 Å². The second-order valence-electron chi connectivity index (χ2n) is 6.38. The van der Waals surface area contributed by atoms with E-state index in [1.165, 1.54) is 0 Å². The number of amides is 1. The standard InChI is InChI=1S/C15H26N4O.ClH/c1-10(12-9-19(4)18-11(12)2)17-14(20)13-7-5-6-8-15(13,3)16;/h9-10,13H,5-8,16H2,1-4H3,(H,17,20);1H. The third-order valence-electron chi connectivity index (χ3n) is 4.45. The fourth-order valence-electron chi connectivity index (χ4n) is 3.22. The highest BCUT2D eigenvalue weighted by Crippen LogP contribution is 2.32. The summed E-state index contributed by atoms with van der Waals surface area (Å²) in [7, 11) is 1.89. The van der Waals surface area contributed by atoms with Gasteiger partial charge in [-0.3, -0.25) is 9.48 Å². The van der Waals surface area contributed by atoms with Crippen LogP contribution >= 0.6 is 12.4 Å². The summed E-state index contributed by atoms with van der Waals surface area (Å²) in [5.41, 5.74) is 7.93. The van der Waals surface area contributed by atoms with Gasteiger partial charge in [0.1, 0.15) is 0 Å². The number of hydrogen-bond acceptors (Lipinski definition) is 3. The lowest BCUT2D eigenvalue weighted by atomic mass is 9.74. The second kappa shape index (κ2) is 6.79. The number of rotatable bonds is 3. The third-order valence-corrected chi connectivity index (χ3v) is 4.45. The Balaban J connectivity index is 0.00000220. The molecule has 1 saturated carbocycles. The number of halogens is 1. The third kappa shape index (κ3) is 3.98. The van der Waals surface area contributed by atoms with Gasteiger partial charge in [-0.25, -0.2) is 0 Å². The van der Waals surface area contributed by atoms with Gasteiger partial charge in [0, 0.05) is 24.3 Å². The number of nitrogens with zero attached hydrogens (tertiary/aromatic N) is 2. The first-order valence-electron chi connectivity index (χ1n) is 7.40. The Morgan fingerprint density at radius 3 is 2.76 bits per heavy atom. The highest BCUT2D eigenvalue weighted by Gasteiger charge is 2.38. The molecule has 0 bridgehead atoms. The summed E-state index contributed by atoms with van der Waals surface area (Å²) in [6, 6.07) is -0.0334. The van der Waals surface area contributed by atoms with E-state index in [0.29, 0.717) is 0 Å². The Morgan fingerprint density at radius 1 is 1.57 bits per heavy atom. The molecule has 5 nitrogen and oxygen atoms in total. The summed E-state index contributed by atoms with van der Waals surface area (Å²) in [5, 5.41) is 7.42. The number of nitrogens with two attached hydrogens (primary N) is 1. The Hall–Kier alpha value is -1.07. The summed E-state index contributed by atoms with van der Waals surface area (Å²) in [6.07, 6.45) is 5.98. The SMILES string of the molecule is Cc1nn(C)cc1C(C)NC(=O)C1CCCCC1(C)N.Cl. The highest BCUT2D eigenvalue weighted by atomic mass is 35.5. The predicted octanol–water partition coefficient (Wildman–Crippen LogP) is 2.24. The summed E-state index contributed by atoms with van der Waals surface area (Å²) < 4.78 is 1.78. The van der Waals surface area contributed by atoms with Gasteiger partial charge in [0.25, 0.3) is 0 Å². The number of carbonyl (C=O) groups is 1. The molecule has 1 fully saturated rings. The van der Waals surface area contributed by atoms with Gasteiger partial charge in [0.05, 0.1) is 17.7 Å². The average Bonchev–Trinajstić information content (AvgIpc) is 2.67. The fourth-order valence-corrected chi connectivity index (χ4v) is 3.22. The lowest BCUT2D eigenvalue weighted by Gasteiger charge is -2.37. The zero-order chi connectivity index (χ0) is 14.9. The van der Waals surface area contributed by atoms with E-state index in [0.717, 1.165) is 36.9 Å². The van der Waals surface area contributed by atoms with Crippen LogP contribution in [0.5, 0.6) is 0 Å². The van der Waals surface area contributed by atoms with Crippen LogP contribution in [0.15, 0.2) is 6.20 Å². The maximum Gasteiger partial charge on any atom is 0.225 e. The highest BCUT2D eigenvalue weighted by molar-refractivity contribution is 5.85. The lowest BCUT2D eigenvalue weighted by molar-refractivity contribution is -0.128. The number of carbonyl (C=O) groups excluding carboxylic acids is 1. The molecule has 120 valence electrons. The van der Waals surface area contributed by atoms with Gasteiger partial charge >= 0.3 is 0 Å². The van der Waals surface area contributed by atoms with Crippen LogP contribution in [-0.2, 0) is 11.8 Å². The summed E-state index contributed by atoms with van der Waals surface area (Å²) in [5.74, 6) is -0.0128. The van der Waals surface area contributed by atoms with Crippen molar-refractivity contribution < 1.29 is 4.79 Å². The Kier molecular flexibility index (Phi) is 5.82. The van der Waals surface area contributed by atoms with Crippen molar-refractivity contribution in [2.45, 2.75) is 58.0 Å². The van der Waals surface area contributed by atoms with E-state index in [9.17, 15) is 4.79 Å². The normalized spacial score (nSPS) is 26.8. The van der Waals surface area contributed by atoms with Crippen LogP contribution in [0.2, 0.25) is 0 Å². The van der Waals surface area contributed by atoms with E-state index in [1.807, 2.05) is 34.0 Å². The van der Waals surface area contributed by atoms with Gasteiger partial charge in [0.2, 0.25) is 5.91 Å². The zero-order valence-corrected chi connectivity index (χ0v) is 14.2. The molecule has 0 saturated heterocycles. The first-order chi connectivity index (χ1) is 9.31. The van der Waals surface area contributed by atoms with Gasteiger partial charge in [0.15, 0.2) is 0 Å². The van der Waals surface area contributed by atoms with Gasteiger partial charge in [-0.15, -0.1) is 12.4 Å². The van der Waals surface area contributed by atoms with Gasteiger partial charge in [-0.1, -0.05) is 12.8 Å². The second-order valence-corrected chi connectivity index (χ2v) is 6.38. The Morgan fingerprint density at radius 2 is 2.24 bits per heavy atom. The Bertz CT molecular complexity index is 498. The van der Waals surface area contributed by atoms with Crippen LogP contribution in [0.4, 0.5) is 0 Å². The van der Waals surface area contributed by atoms with E-state index in [4.69, 9.17) is 5.73 Å². The maximum absolute atomic E-state index is 12.5. The molecule has 3 unspecified atom stereocenters. The van der Waals surface area contributed by atoms with Crippen molar-refractivity contribution in [3.05, 3.63) is 17.5 Å². The van der Waals surface area contributed by atoms with E-state index < -0.39 is 0 Å². The van der Waals surface area contributed by atoms with Crippen molar-refractivity contribution >= 4 is 18.3 Å². The molecule has 0 spiro atoms. The van der Waals surface area contributed by atoms with Crippen LogP contribution < -0.4 is 11.1 Å². The molecule has 3 atom stereocenters. The van der Waals surface area contributed by atoms with Gasteiger partial charge in [-0.2, -0.15) is 5.10 Å². The number of aromatic nitrogens is 2. The molecule has 1 aliphatic carbocycles. The molecule has 1 aromatic rings. The lowest BCUT2D eigenvalue weighted by Crippen LogP contribution is -2.53. The van der Waals surface area contributed by atoms with Crippen molar-refractivity contribution in [1.29, 1.82) is 0 Å². The minimum absolute atomic E-state index is 0. The molecule has 6 heteroatoms. The average molecular weight is 315 g/mol. The first-order valence-corrected chi connectivity index (χ1v) is 7.40. The molecule has 21 heavy (non-hydrogen) atoms.